The molecule has 0 aliphatic carbocycles. The van der Waals surface area contributed by atoms with Crippen molar-refractivity contribution in [2.75, 3.05) is 29.6 Å². The van der Waals surface area contributed by atoms with Crippen LogP contribution in [0.1, 0.15) is 12.8 Å². The van der Waals surface area contributed by atoms with Gasteiger partial charge in [-0.05, 0) is 30.9 Å². The van der Waals surface area contributed by atoms with Crippen molar-refractivity contribution < 1.29 is 0 Å². The van der Waals surface area contributed by atoms with Gasteiger partial charge in [-0.3, -0.25) is 0 Å². The third-order valence-electron chi connectivity index (χ3n) is 1.93. The summed E-state index contributed by atoms with van der Waals surface area (Å²) in [6.07, 6.45) is 6.06. The van der Waals surface area contributed by atoms with Crippen LogP contribution >= 0.6 is 23.4 Å². The average molecular weight is 246 g/mol. The van der Waals surface area contributed by atoms with Gasteiger partial charge in [0, 0.05) is 6.54 Å². The van der Waals surface area contributed by atoms with E-state index in [0.717, 1.165) is 18.8 Å². The maximum atomic E-state index is 5.96. The number of anilines is 2. The van der Waals surface area contributed by atoms with Gasteiger partial charge >= 0.3 is 0 Å². The first-order valence-corrected chi connectivity index (χ1v) is 6.65. The number of aromatic nitrogens is 1. The number of rotatable bonds is 6. The maximum Gasteiger partial charge on any atom is 0.144 e. The molecule has 0 bridgehead atoms. The Morgan fingerprint density at radius 1 is 1.53 bits per heavy atom. The van der Waals surface area contributed by atoms with E-state index >= 15 is 0 Å². The van der Waals surface area contributed by atoms with E-state index in [2.05, 4.69) is 16.6 Å². The first-order chi connectivity index (χ1) is 7.24. The average Bonchev–Trinajstić information content (AvgIpc) is 2.20. The molecule has 1 rings (SSSR count). The van der Waals surface area contributed by atoms with Gasteiger partial charge in [0.25, 0.3) is 0 Å². The van der Waals surface area contributed by atoms with Crippen LogP contribution in [0, 0.1) is 0 Å². The standard InChI is InChI=1S/C10H16ClN3S/c1-15-5-3-2-4-13-10-9(11)6-8(12)7-14-10/h6-7H,2-5,12H2,1H3,(H,13,14). The first-order valence-electron chi connectivity index (χ1n) is 4.88. The Kier molecular flexibility index (Phi) is 5.65. The number of nitrogen functional groups attached to an aromatic ring is 1. The molecule has 0 aliphatic rings. The molecule has 3 nitrogen and oxygen atoms in total. The van der Waals surface area contributed by atoms with E-state index in [1.165, 1.54) is 12.2 Å². The molecular weight excluding hydrogens is 230 g/mol. The molecule has 0 saturated heterocycles. The Morgan fingerprint density at radius 2 is 2.33 bits per heavy atom. The molecule has 1 aromatic rings. The number of unbranched alkanes of at least 4 members (excludes halogenated alkanes) is 1. The van der Waals surface area contributed by atoms with Gasteiger partial charge in [-0.1, -0.05) is 11.6 Å². The molecule has 0 fully saturated rings. The number of nitrogens with two attached hydrogens (primary N) is 1. The molecule has 0 radical (unpaired) electrons. The van der Waals surface area contributed by atoms with Crippen molar-refractivity contribution in [3.63, 3.8) is 0 Å². The molecule has 15 heavy (non-hydrogen) atoms. The molecule has 0 unspecified atom stereocenters. The fourth-order valence-corrected chi connectivity index (χ4v) is 1.90. The normalized spacial score (nSPS) is 10.3. The van der Waals surface area contributed by atoms with E-state index in [4.69, 9.17) is 17.3 Å². The number of hydrogen-bond acceptors (Lipinski definition) is 4. The number of hydrogen-bond donors (Lipinski definition) is 2. The van der Waals surface area contributed by atoms with Crippen LogP contribution < -0.4 is 11.1 Å². The van der Waals surface area contributed by atoms with Crippen molar-refractivity contribution >= 4 is 34.9 Å². The number of thioether (sulfide) groups is 1. The van der Waals surface area contributed by atoms with Crippen molar-refractivity contribution in [3.05, 3.63) is 17.3 Å². The molecule has 1 aromatic heterocycles. The monoisotopic (exact) mass is 245 g/mol. The van der Waals surface area contributed by atoms with Gasteiger partial charge in [0.2, 0.25) is 0 Å². The highest BCUT2D eigenvalue weighted by Gasteiger charge is 2.00. The molecule has 0 aromatic carbocycles. The van der Waals surface area contributed by atoms with Crippen LogP contribution in [0.2, 0.25) is 5.02 Å². The Labute approximate surface area is 99.8 Å². The third kappa shape index (κ3) is 4.62. The predicted molar refractivity (Wildman–Crippen MR) is 69.8 cm³/mol. The summed E-state index contributed by atoms with van der Waals surface area (Å²) in [5.74, 6) is 1.92. The van der Waals surface area contributed by atoms with Gasteiger partial charge in [0.05, 0.1) is 16.9 Å². The van der Waals surface area contributed by atoms with E-state index in [-0.39, 0.29) is 0 Å². The Bertz CT molecular complexity index is 307. The molecule has 1 heterocycles. The summed E-state index contributed by atoms with van der Waals surface area (Å²) in [7, 11) is 0. The highest BCUT2D eigenvalue weighted by molar-refractivity contribution is 7.98. The van der Waals surface area contributed by atoms with Crippen LogP contribution in [0.3, 0.4) is 0 Å². The second-order valence-corrected chi connectivity index (χ2v) is 4.62. The van der Waals surface area contributed by atoms with Crippen molar-refractivity contribution in [2.45, 2.75) is 12.8 Å². The third-order valence-corrected chi connectivity index (χ3v) is 2.92. The van der Waals surface area contributed by atoms with Crippen molar-refractivity contribution in [3.8, 4) is 0 Å². The van der Waals surface area contributed by atoms with Crippen LogP contribution in [0.25, 0.3) is 0 Å². The van der Waals surface area contributed by atoms with Crippen LogP contribution in [0.4, 0.5) is 11.5 Å². The SMILES string of the molecule is CSCCCCNc1ncc(N)cc1Cl. The minimum absolute atomic E-state index is 0.583. The number of halogens is 1. The van der Waals surface area contributed by atoms with Gasteiger partial charge in [-0.2, -0.15) is 11.8 Å². The second kappa shape index (κ2) is 6.80. The molecule has 0 spiro atoms. The van der Waals surface area contributed by atoms with Gasteiger partial charge in [-0.15, -0.1) is 0 Å². The smallest absolute Gasteiger partial charge is 0.144 e. The predicted octanol–water partition coefficient (Wildman–Crippen LogP) is 2.87. The van der Waals surface area contributed by atoms with Crippen LogP contribution in [0.15, 0.2) is 12.3 Å². The molecule has 0 saturated carbocycles. The van der Waals surface area contributed by atoms with Crippen molar-refractivity contribution in [2.24, 2.45) is 0 Å². The lowest BCUT2D eigenvalue weighted by Crippen LogP contribution is -2.04. The Balaban J connectivity index is 2.31. The number of nitrogens with one attached hydrogen (secondary N) is 1. The van der Waals surface area contributed by atoms with E-state index in [1.807, 2.05) is 11.8 Å². The van der Waals surface area contributed by atoms with Crippen molar-refractivity contribution in [1.29, 1.82) is 0 Å². The summed E-state index contributed by atoms with van der Waals surface area (Å²) in [5.41, 5.74) is 6.14. The van der Waals surface area contributed by atoms with Crippen LogP contribution in [-0.2, 0) is 0 Å². The maximum absolute atomic E-state index is 5.96. The molecule has 0 atom stereocenters. The van der Waals surface area contributed by atoms with Gasteiger partial charge < -0.3 is 11.1 Å². The first kappa shape index (κ1) is 12.5. The zero-order valence-electron chi connectivity index (χ0n) is 8.79. The lowest BCUT2D eigenvalue weighted by molar-refractivity contribution is 0.840. The topological polar surface area (TPSA) is 50.9 Å². The highest BCUT2D eigenvalue weighted by atomic mass is 35.5. The fraction of sp³-hybridized carbons (Fsp3) is 0.500. The lowest BCUT2D eigenvalue weighted by Gasteiger charge is -2.07. The number of pyridine rings is 1. The van der Waals surface area contributed by atoms with Gasteiger partial charge in [0.1, 0.15) is 5.82 Å². The molecular formula is C10H16ClN3S. The largest absolute Gasteiger partial charge is 0.397 e. The van der Waals surface area contributed by atoms with E-state index in [1.54, 1.807) is 12.3 Å². The van der Waals surface area contributed by atoms with E-state index < -0.39 is 0 Å². The van der Waals surface area contributed by atoms with Crippen molar-refractivity contribution in [1.82, 2.24) is 4.98 Å². The minimum atomic E-state index is 0.583. The fourth-order valence-electron chi connectivity index (χ4n) is 1.16. The van der Waals surface area contributed by atoms with Gasteiger partial charge in [-0.25, -0.2) is 4.98 Å². The summed E-state index contributed by atoms with van der Waals surface area (Å²) in [5, 5.41) is 3.77. The summed E-state index contributed by atoms with van der Waals surface area (Å²) < 4.78 is 0. The number of nitrogens with zero attached hydrogens (tertiary/aromatic N) is 1. The lowest BCUT2D eigenvalue weighted by atomic mass is 10.3. The zero-order chi connectivity index (χ0) is 11.1. The quantitative estimate of drug-likeness (QED) is 0.757. The summed E-state index contributed by atoms with van der Waals surface area (Å²) in [6.45, 7) is 0.900. The molecule has 0 aliphatic heterocycles. The minimum Gasteiger partial charge on any atom is -0.397 e. The second-order valence-electron chi connectivity index (χ2n) is 3.23. The Hall–Kier alpha value is -0.610. The molecule has 84 valence electrons. The molecule has 3 N–H and O–H groups in total. The van der Waals surface area contributed by atoms with Gasteiger partial charge in [0.15, 0.2) is 0 Å². The summed E-state index contributed by atoms with van der Waals surface area (Å²) in [4.78, 5) is 4.12. The summed E-state index contributed by atoms with van der Waals surface area (Å²) in [6, 6.07) is 1.71. The Morgan fingerprint density at radius 3 is 3.00 bits per heavy atom. The van der Waals surface area contributed by atoms with Crippen LogP contribution in [-0.4, -0.2) is 23.5 Å². The van der Waals surface area contributed by atoms with E-state index in [0.29, 0.717) is 10.7 Å². The zero-order valence-corrected chi connectivity index (χ0v) is 10.4. The highest BCUT2D eigenvalue weighted by Crippen LogP contribution is 2.20. The van der Waals surface area contributed by atoms with E-state index in [9.17, 15) is 0 Å². The summed E-state index contributed by atoms with van der Waals surface area (Å²) >= 11 is 7.83. The molecule has 5 heteroatoms. The van der Waals surface area contributed by atoms with Crippen LogP contribution in [0.5, 0.6) is 0 Å². The molecule has 0 amide bonds.